The molecular formula is C28H29ClF7N3O4. The van der Waals surface area contributed by atoms with E-state index in [4.69, 9.17) is 11.6 Å². The van der Waals surface area contributed by atoms with Gasteiger partial charge in [0.1, 0.15) is 5.67 Å². The van der Waals surface area contributed by atoms with Crippen LogP contribution in [0, 0.1) is 5.41 Å². The van der Waals surface area contributed by atoms with Crippen molar-refractivity contribution in [2.24, 2.45) is 5.41 Å². The average Bonchev–Trinajstić information content (AvgIpc) is 3.54. The minimum atomic E-state index is -5.14. The fraction of sp³-hybridized carbons (Fsp3) is 0.571. The number of aromatic nitrogens is 2. The second-order valence-corrected chi connectivity index (χ2v) is 12.0. The Labute approximate surface area is 247 Å². The highest BCUT2D eigenvalue weighted by Gasteiger charge is 2.46. The van der Waals surface area contributed by atoms with Gasteiger partial charge >= 0.3 is 18.3 Å². The Hall–Kier alpha value is -3.16. The molecule has 4 rings (SSSR count). The highest BCUT2D eigenvalue weighted by Crippen LogP contribution is 2.44. The number of hydrogen-bond donors (Lipinski definition) is 1. The number of alkyl halides is 7. The number of hydrogen-bond acceptors (Lipinski definition) is 4. The minimum absolute atomic E-state index is 0.0176. The van der Waals surface area contributed by atoms with Crippen molar-refractivity contribution in [1.29, 1.82) is 0 Å². The van der Waals surface area contributed by atoms with E-state index in [9.17, 15) is 45.8 Å². The van der Waals surface area contributed by atoms with Crippen LogP contribution in [0.1, 0.15) is 96.3 Å². The van der Waals surface area contributed by atoms with Crippen LogP contribution in [-0.2, 0) is 17.1 Å². The zero-order valence-corrected chi connectivity index (χ0v) is 23.8. The molecule has 0 bridgehead atoms. The molecule has 1 N–H and O–H groups in total. The van der Waals surface area contributed by atoms with Gasteiger partial charge in [0, 0.05) is 0 Å². The number of carboxylic acids is 1. The van der Waals surface area contributed by atoms with Crippen molar-refractivity contribution in [3.8, 4) is 0 Å². The van der Waals surface area contributed by atoms with E-state index in [1.54, 1.807) is 0 Å². The van der Waals surface area contributed by atoms with Crippen molar-refractivity contribution < 1.29 is 50.2 Å². The molecule has 0 aliphatic heterocycles. The lowest BCUT2D eigenvalue weighted by Crippen LogP contribution is -2.45. The zero-order chi connectivity index (χ0) is 32.0. The molecule has 0 spiro atoms. The Morgan fingerprint density at radius 2 is 1.65 bits per heavy atom. The Morgan fingerprint density at radius 3 is 2.19 bits per heavy atom. The van der Waals surface area contributed by atoms with Gasteiger partial charge in [-0.25, -0.2) is 4.39 Å². The third-order valence-electron chi connectivity index (χ3n) is 8.41. The van der Waals surface area contributed by atoms with Crippen LogP contribution < -0.4 is 0 Å². The van der Waals surface area contributed by atoms with Crippen molar-refractivity contribution in [2.75, 3.05) is 13.1 Å². The summed E-state index contributed by atoms with van der Waals surface area (Å²) in [7, 11) is 0. The number of rotatable bonds is 8. The van der Waals surface area contributed by atoms with Gasteiger partial charge in [0.25, 0.3) is 5.91 Å². The smallest absolute Gasteiger partial charge is 0.433 e. The number of carbonyl (C=O) groups is 3. The quantitative estimate of drug-likeness (QED) is 0.240. The van der Waals surface area contributed by atoms with Crippen molar-refractivity contribution in [3.63, 3.8) is 0 Å². The Kier molecular flexibility index (Phi) is 8.94. The lowest BCUT2D eigenvalue weighted by molar-refractivity contribution is -0.152. The number of amides is 1. The first-order valence-electron chi connectivity index (χ1n) is 13.6. The second kappa shape index (κ2) is 11.7. The number of Topliss-reactive ketones (excluding diaryl/α,β-unsaturated/α-hetero) is 1. The first-order chi connectivity index (χ1) is 19.9. The molecule has 0 unspecified atom stereocenters. The summed E-state index contributed by atoms with van der Waals surface area (Å²) >= 11 is 5.92. The molecule has 2 aliphatic carbocycles. The molecule has 2 fully saturated rings. The maximum atomic E-state index is 15.6. The molecule has 1 amide bonds. The highest BCUT2D eigenvalue weighted by atomic mass is 35.5. The molecular weight excluding hydrogens is 611 g/mol. The summed E-state index contributed by atoms with van der Waals surface area (Å²) in [5, 5.41) is 12.7. The second-order valence-electron chi connectivity index (χ2n) is 11.5. The topological polar surface area (TPSA) is 92.5 Å². The first-order valence-corrected chi connectivity index (χ1v) is 14.0. The summed E-state index contributed by atoms with van der Waals surface area (Å²) < 4.78 is 101. The van der Waals surface area contributed by atoms with Crippen LogP contribution in [0.3, 0.4) is 0 Å². The normalized spacial score (nSPS) is 22.4. The van der Waals surface area contributed by atoms with E-state index in [-0.39, 0.29) is 38.5 Å². The summed E-state index contributed by atoms with van der Waals surface area (Å²) in [5.41, 5.74) is -8.05. The SMILES string of the molecule is CC1(C(=O)O)CCC(n2ncc(C(=O)N(CC(=O)c3c(Cl)cccc3C(F)(F)F)CC3(F)CCCC3)c2C(F)(F)F)CC1. The van der Waals surface area contributed by atoms with Gasteiger partial charge in [-0.1, -0.05) is 30.5 Å². The number of halogens is 8. The summed E-state index contributed by atoms with van der Waals surface area (Å²) in [4.78, 5) is 39.0. The molecule has 0 radical (unpaired) electrons. The van der Waals surface area contributed by atoms with Crippen molar-refractivity contribution in [3.05, 3.63) is 51.8 Å². The van der Waals surface area contributed by atoms with Crippen LogP contribution in [0.4, 0.5) is 30.7 Å². The Bertz CT molecular complexity index is 1390. The van der Waals surface area contributed by atoms with Crippen LogP contribution in [-0.4, -0.2) is 56.2 Å². The first kappa shape index (κ1) is 32.7. The monoisotopic (exact) mass is 639 g/mol. The number of carbonyl (C=O) groups excluding carboxylic acids is 2. The molecule has 236 valence electrons. The summed E-state index contributed by atoms with van der Waals surface area (Å²) in [6.45, 7) is -0.505. The molecule has 2 aliphatic rings. The largest absolute Gasteiger partial charge is 0.481 e. The average molecular weight is 640 g/mol. The van der Waals surface area contributed by atoms with Gasteiger partial charge < -0.3 is 10.0 Å². The number of aliphatic carboxylic acids is 1. The molecule has 0 saturated heterocycles. The van der Waals surface area contributed by atoms with E-state index in [2.05, 4.69) is 5.10 Å². The number of benzene rings is 1. The van der Waals surface area contributed by atoms with Crippen LogP contribution in [0.2, 0.25) is 5.02 Å². The predicted octanol–water partition coefficient (Wildman–Crippen LogP) is 7.39. The molecule has 1 aromatic carbocycles. The predicted molar refractivity (Wildman–Crippen MR) is 139 cm³/mol. The third-order valence-corrected chi connectivity index (χ3v) is 8.72. The van der Waals surface area contributed by atoms with E-state index < -0.39 is 87.6 Å². The van der Waals surface area contributed by atoms with E-state index in [0.29, 0.717) is 34.7 Å². The van der Waals surface area contributed by atoms with Crippen LogP contribution >= 0.6 is 11.6 Å². The molecule has 2 aromatic rings. The van der Waals surface area contributed by atoms with Gasteiger partial charge in [-0.2, -0.15) is 31.4 Å². The van der Waals surface area contributed by atoms with Crippen molar-refractivity contribution in [1.82, 2.24) is 14.7 Å². The number of ketones is 1. The van der Waals surface area contributed by atoms with E-state index in [1.165, 1.54) is 6.92 Å². The fourth-order valence-electron chi connectivity index (χ4n) is 5.95. The summed E-state index contributed by atoms with van der Waals surface area (Å²) in [6.07, 6.45) is -8.65. The summed E-state index contributed by atoms with van der Waals surface area (Å²) in [5.74, 6) is -3.84. The van der Waals surface area contributed by atoms with Crippen molar-refractivity contribution in [2.45, 2.75) is 82.4 Å². The standard InChI is InChI=1S/C28H29ClF7N3O4/c1-25(24(42)43)11-7-16(8-12-25)39-22(28(34,35)36)17(13-37-39)23(41)38(15-26(30)9-2-3-10-26)14-20(40)21-18(27(31,32)33)5-4-6-19(21)29/h4-6,13,16H,2-3,7-12,14-15H2,1H3,(H,42,43). The van der Waals surface area contributed by atoms with Crippen LogP contribution in [0.5, 0.6) is 0 Å². The number of nitrogens with zero attached hydrogens (tertiary/aromatic N) is 3. The Balaban J connectivity index is 1.72. The van der Waals surface area contributed by atoms with E-state index in [0.717, 1.165) is 12.1 Å². The van der Waals surface area contributed by atoms with E-state index in [1.807, 2.05) is 0 Å². The summed E-state index contributed by atoms with van der Waals surface area (Å²) in [6, 6.07) is 1.69. The highest BCUT2D eigenvalue weighted by molar-refractivity contribution is 6.34. The van der Waals surface area contributed by atoms with Gasteiger partial charge in [-0.15, -0.1) is 0 Å². The zero-order valence-electron chi connectivity index (χ0n) is 23.0. The van der Waals surface area contributed by atoms with Gasteiger partial charge in [0.15, 0.2) is 11.5 Å². The maximum Gasteiger partial charge on any atom is 0.433 e. The molecule has 15 heteroatoms. The van der Waals surface area contributed by atoms with Crippen LogP contribution in [0.25, 0.3) is 0 Å². The van der Waals surface area contributed by atoms with E-state index >= 15 is 4.39 Å². The molecule has 1 heterocycles. The molecule has 0 atom stereocenters. The third kappa shape index (κ3) is 6.83. The van der Waals surface area contributed by atoms with Gasteiger partial charge in [-0.3, -0.25) is 19.1 Å². The lowest BCUT2D eigenvalue weighted by atomic mass is 9.74. The van der Waals surface area contributed by atoms with Gasteiger partial charge in [-0.05, 0) is 57.6 Å². The van der Waals surface area contributed by atoms with Crippen LogP contribution in [0.15, 0.2) is 24.4 Å². The van der Waals surface area contributed by atoms with Gasteiger partial charge in [0.05, 0.1) is 52.5 Å². The molecule has 2 saturated carbocycles. The maximum absolute atomic E-state index is 15.6. The van der Waals surface area contributed by atoms with Gasteiger partial charge in [0.2, 0.25) is 0 Å². The molecule has 43 heavy (non-hydrogen) atoms. The molecule has 7 nitrogen and oxygen atoms in total. The molecule has 1 aromatic heterocycles. The fourth-order valence-corrected chi connectivity index (χ4v) is 6.23. The number of carboxylic acid groups (broad SMARTS) is 1. The Morgan fingerprint density at radius 1 is 1.05 bits per heavy atom. The minimum Gasteiger partial charge on any atom is -0.481 e. The lowest BCUT2D eigenvalue weighted by Gasteiger charge is -2.34. The van der Waals surface area contributed by atoms with Crippen molar-refractivity contribution >= 4 is 29.3 Å².